The monoisotopic (exact) mass is 400 g/mol. The number of hydrogen-bond donors (Lipinski definition) is 1. The zero-order valence-electron chi connectivity index (χ0n) is 14.3. The summed E-state index contributed by atoms with van der Waals surface area (Å²) in [5.41, 5.74) is 0.823. The number of anilines is 1. The number of rotatable bonds is 6. The predicted octanol–water partition coefficient (Wildman–Crippen LogP) is 3.04. The fraction of sp³-hybridized carbons (Fsp3) is 0.400. The zero-order chi connectivity index (χ0) is 19.6. The van der Waals surface area contributed by atoms with E-state index < -0.39 is 18.6 Å². The number of halogens is 3. The van der Waals surface area contributed by atoms with Crippen LogP contribution in [0.25, 0.3) is 0 Å². The van der Waals surface area contributed by atoms with Crippen molar-refractivity contribution >= 4 is 29.2 Å². The van der Waals surface area contributed by atoms with Crippen molar-refractivity contribution in [2.75, 3.05) is 5.32 Å². The van der Waals surface area contributed by atoms with Gasteiger partial charge >= 0.3 is 6.61 Å². The van der Waals surface area contributed by atoms with Gasteiger partial charge in [-0.1, -0.05) is 21.9 Å². The van der Waals surface area contributed by atoms with E-state index in [0.717, 1.165) is 0 Å². The maximum Gasteiger partial charge on any atom is 0.387 e. The Labute approximate surface area is 157 Å². The van der Waals surface area contributed by atoms with Crippen molar-refractivity contribution in [2.24, 2.45) is 5.16 Å². The Morgan fingerprint density at radius 3 is 2.93 bits per heavy atom. The van der Waals surface area contributed by atoms with E-state index in [0.29, 0.717) is 18.7 Å². The van der Waals surface area contributed by atoms with Gasteiger partial charge < -0.3 is 9.57 Å². The standard InChI is InChI=1S/C15H15ClF2N6O3/c1-3-24-15(20-22-23-24)19-13(25)8-4-5-9(26-14(17)18)11(12(8)16)10-6-7(2)21-27-10/h4-5,10,14H,3,6H2,1-2H3,(H,19,20,23,25). The number of amides is 1. The zero-order valence-corrected chi connectivity index (χ0v) is 15.1. The molecule has 1 aromatic carbocycles. The predicted molar refractivity (Wildman–Crippen MR) is 91.1 cm³/mol. The number of aromatic nitrogens is 4. The molecular weight excluding hydrogens is 386 g/mol. The van der Waals surface area contributed by atoms with Crippen molar-refractivity contribution in [1.29, 1.82) is 0 Å². The van der Waals surface area contributed by atoms with Crippen LogP contribution in [0.1, 0.15) is 42.3 Å². The number of hydrogen-bond acceptors (Lipinski definition) is 7. The number of carbonyl (C=O) groups is 1. The number of alkyl halides is 2. The second-order valence-corrected chi connectivity index (χ2v) is 5.99. The molecule has 1 aliphatic heterocycles. The molecule has 1 atom stereocenters. The molecule has 2 aromatic rings. The van der Waals surface area contributed by atoms with Gasteiger partial charge in [0.05, 0.1) is 21.9 Å². The number of nitrogens with one attached hydrogen (secondary N) is 1. The molecule has 27 heavy (non-hydrogen) atoms. The Morgan fingerprint density at radius 1 is 1.52 bits per heavy atom. The van der Waals surface area contributed by atoms with Gasteiger partial charge in [-0.15, -0.1) is 0 Å². The lowest BCUT2D eigenvalue weighted by Gasteiger charge is -2.18. The average molecular weight is 401 g/mol. The van der Waals surface area contributed by atoms with E-state index >= 15 is 0 Å². The second kappa shape index (κ2) is 7.82. The number of aryl methyl sites for hydroxylation is 1. The molecule has 1 aliphatic rings. The van der Waals surface area contributed by atoms with Crippen molar-refractivity contribution in [2.45, 2.75) is 39.5 Å². The first-order chi connectivity index (χ1) is 12.9. The van der Waals surface area contributed by atoms with E-state index in [2.05, 4.69) is 30.7 Å². The minimum absolute atomic E-state index is 0.0343. The number of nitrogens with zero attached hydrogens (tertiary/aromatic N) is 5. The Hall–Kier alpha value is -2.82. The average Bonchev–Trinajstić information content (AvgIpc) is 3.23. The molecule has 1 N–H and O–H groups in total. The third kappa shape index (κ3) is 3.97. The highest BCUT2D eigenvalue weighted by Crippen LogP contribution is 2.41. The third-order valence-electron chi connectivity index (χ3n) is 3.80. The van der Waals surface area contributed by atoms with Gasteiger partial charge in [0, 0.05) is 13.0 Å². The second-order valence-electron chi connectivity index (χ2n) is 5.61. The Bertz CT molecular complexity index is 888. The first-order valence-corrected chi connectivity index (χ1v) is 8.32. The third-order valence-corrected chi connectivity index (χ3v) is 4.20. The van der Waals surface area contributed by atoms with Gasteiger partial charge in [-0.2, -0.15) is 8.78 Å². The highest BCUT2D eigenvalue weighted by atomic mass is 35.5. The summed E-state index contributed by atoms with van der Waals surface area (Å²) >= 11 is 6.36. The van der Waals surface area contributed by atoms with Gasteiger partial charge in [0.2, 0.25) is 5.95 Å². The van der Waals surface area contributed by atoms with Crippen LogP contribution >= 0.6 is 11.6 Å². The van der Waals surface area contributed by atoms with Crippen LogP contribution in [0.3, 0.4) is 0 Å². The lowest BCUT2D eigenvalue weighted by Crippen LogP contribution is -2.18. The largest absolute Gasteiger partial charge is 0.434 e. The van der Waals surface area contributed by atoms with Crippen LogP contribution in [-0.4, -0.2) is 38.4 Å². The molecule has 0 saturated carbocycles. The maximum absolute atomic E-state index is 12.8. The van der Waals surface area contributed by atoms with Crippen LogP contribution in [0.5, 0.6) is 5.75 Å². The Balaban J connectivity index is 1.95. The van der Waals surface area contributed by atoms with E-state index in [1.165, 1.54) is 16.8 Å². The molecule has 9 nitrogen and oxygen atoms in total. The molecule has 1 aromatic heterocycles. The number of tetrazole rings is 1. The molecule has 0 spiro atoms. The summed E-state index contributed by atoms with van der Waals surface area (Å²) in [5.74, 6) is -0.658. The minimum Gasteiger partial charge on any atom is -0.434 e. The maximum atomic E-state index is 12.8. The summed E-state index contributed by atoms with van der Waals surface area (Å²) in [5, 5.41) is 17.1. The fourth-order valence-corrected chi connectivity index (χ4v) is 2.94. The van der Waals surface area contributed by atoms with Gasteiger partial charge in [-0.05, 0) is 36.4 Å². The summed E-state index contributed by atoms with van der Waals surface area (Å²) in [6.45, 7) is 0.905. The van der Waals surface area contributed by atoms with Crippen LogP contribution in [0.4, 0.5) is 14.7 Å². The first-order valence-electron chi connectivity index (χ1n) is 7.94. The van der Waals surface area contributed by atoms with E-state index in [4.69, 9.17) is 16.4 Å². The summed E-state index contributed by atoms with van der Waals surface area (Å²) in [6, 6.07) is 2.52. The van der Waals surface area contributed by atoms with Gasteiger partial charge in [0.25, 0.3) is 5.91 Å². The van der Waals surface area contributed by atoms with E-state index in [1.54, 1.807) is 13.8 Å². The molecule has 0 saturated heterocycles. The minimum atomic E-state index is -3.06. The molecule has 1 unspecified atom stereocenters. The summed E-state index contributed by atoms with van der Waals surface area (Å²) in [4.78, 5) is 17.8. The molecule has 0 bridgehead atoms. The molecule has 12 heteroatoms. The van der Waals surface area contributed by atoms with Gasteiger partial charge in [0.1, 0.15) is 5.75 Å². The highest BCUT2D eigenvalue weighted by Gasteiger charge is 2.30. The number of ether oxygens (including phenoxy) is 1. The SMILES string of the molecule is CCn1nnnc1NC(=O)c1ccc(OC(F)F)c(C2CC(C)=NO2)c1Cl. The lowest BCUT2D eigenvalue weighted by atomic mass is 10.0. The molecule has 0 aliphatic carbocycles. The van der Waals surface area contributed by atoms with Crippen LogP contribution in [0.15, 0.2) is 17.3 Å². The topological polar surface area (TPSA) is 104 Å². The number of carbonyl (C=O) groups excluding carboxylic acids is 1. The van der Waals surface area contributed by atoms with Crippen LogP contribution in [0.2, 0.25) is 5.02 Å². The normalized spacial score (nSPS) is 16.2. The molecule has 3 rings (SSSR count). The number of oxime groups is 1. The van der Waals surface area contributed by atoms with Crippen LogP contribution in [0, 0.1) is 0 Å². The van der Waals surface area contributed by atoms with Crippen molar-refractivity contribution in [3.05, 3.63) is 28.3 Å². The number of benzene rings is 1. The fourth-order valence-electron chi connectivity index (χ4n) is 2.58. The molecule has 2 heterocycles. The Kier molecular flexibility index (Phi) is 5.49. The first kappa shape index (κ1) is 19.0. The van der Waals surface area contributed by atoms with E-state index in [9.17, 15) is 13.6 Å². The van der Waals surface area contributed by atoms with Crippen molar-refractivity contribution in [1.82, 2.24) is 20.2 Å². The quantitative estimate of drug-likeness (QED) is 0.799. The van der Waals surface area contributed by atoms with Gasteiger partial charge in [0.15, 0.2) is 6.10 Å². The molecule has 1 amide bonds. The Morgan fingerprint density at radius 2 is 2.30 bits per heavy atom. The van der Waals surface area contributed by atoms with E-state index in [-0.39, 0.29) is 27.8 Å². The molecule has 144 valence electrons. The lowest BCUT2D eigenvalue weighted by molar-refractivity contribution is -0.0521. The smallest absolute Gasteiger partial charge is 0.387 e. The summed E-state index contributed by atoms with van der Waals surface area (Å²) < 4.78 is 31.4. The van der Waals surface area contributed by atoms with Crippen molar-refractivity contribution in [3.63, 3.8) is 0 Å². The molecule has 0 fully saturated rings. The van der Waals surface area contributed by atoms with Crippen LogP contribution in [-0.2, 0) is 11.4 Å². The van der Waals surface area contributed by atoms with Crippen molar-refractivity contribution < 1.29 is 23.1 Å². The summed E-state index contributed by atoms with van der Waals surface area (Å²) in [6.07, 6.45) is -0.404. The van der Waals surface area contributed by atoms with Crippen molar-refractivity contribution in [3.8, 4) is 5.75 Å². The molecular formula is C15H15ClF2N6O3. The van der Waals surface area contributed by atoms with Gasteiger partial charge in [-0.25, -0.2) is 4.68 Å². The molecule has 0 radical (unpaired) electrons. The van der Waals surface area contributed by atoms with E-state index in [1.807, 2.05) is 0 Å². The summed E-state index contributed by atoms with van der Waals surface area (Å²) in [7, 11) is 0. The van der Waals surface area contributed by atoms with Crippen LogP contribution < -0.4 is 10.1 Å². The highest BCUT2D eigenvalue weighted by molar-refractivity contribution is 6.35. The van der Waals surface area contributed by atoms with Gasteiger partial charge in [-0.3, -0.25) is 10.1 Å².